The maximum absolute atomic E-state index is 11.0. The molecule has 0 radical (unpaired) electrons. The molecule has 0 spiro atoms. The van der Waals surface area contributed by atoms with Crippen LogP contribution in [0, 0.1) is 0 Å². The van der Waals surface area contributed by atoms with Gasteiger partial charge in [-0.3, -0.25) is 0 Å². The Balaban J connectivity index is 2.58. The summed E-state index contributed by atoms with van der Waals surface area (Å²) in [6.45, 7) is 0. The van der Waals surface area contributed by atoms with Crippen LogP contribution in [0.1, 0.15) is 25.7 Å². The third-order valence-corrected chi connectivity index (χ3v) is 3.60. The van der Waals surface area contributed by atoms with Crippen LogP contribution in [0.5, 0.6) is 0 Å². The average Bonchev–Trinajstić information content (AvgIpc) is 1.92. The Morgan fingerprint density at radius 2 is 1.92 bits per heavy atom. The van der Waals surface area contributed by atoms with Crippen LogP contribution in [0.25, 0.3) is 0 Å². The molecule has 1 saturated carbocycles. The van der Waals surface area contributed by atoms with Crippen molar-refractivity contribution in [1.82, 2.24) is 0 Å². The van der Waals surface area contributed by atoms with Crippen molar-refractivity contribution < 1.29 is 13.5 Å². The molecule has 13 heavy (non-hydrogen) atoms. The van der Waals surface area contributed by atoms with Gasteiger partial charge in [0.2, 0.25) is 0 Å². The van der Waals surface area contributed by atoms with Gasteiger partial charge in [0, 0.05) is 11.8 Å². The molecule has 4 nitrogen and oxygen atoms in total. The van der Waals surface area contributed by atoms with Crippen molar-refractivity contribution in [1.29, 1.82) is 0 Å². The maximum atomic E-state index is 11.0. The zero-order chi connectivity index (χ0) is 10.1. The molecule has 0 aromatic heterocycles. The second-order valence-corrected chi connectivity index (χ2v) is 6.30. The standard InChI is InChI=1S/C8H17NO3S/c1-13(11,12)6-8(9)4-2-7(10)3-5-8/h7,10H,2-6,9H2,1H3. The lowest BCUT2D eigenvalue weighted by atomic mass is 9.83. The van der Waals surface area contributed by atoms with Gasteiger partial charge in [0.1, 0.15) is 9.84 Å². The lowest BCUT2D eigenvalue weighted by Gasteiger charge is -2.34. The molecule has 1 fully saturated rings. The first kappa shape index (κ1) is 10.9. The predicted molar refractivity (Wildman–Crippen MR) is 51.1 cm³/mol. The summed E-state index contributed by atoms with van der Waals surface area (Å²) in [5.41, 5.74) is 5.31. The molecule has 0 aromatic rings. The van der Waals surface area contributed by atoms with Crippen LogP contribution < -0.4 is 5.73 Å². The highest BCUT2D eigenvalue weighted by Crippen LogP contribution is 2.27. The molecule has 1 aliphatic rings. The van der Waals surface area contributed by atoms with Crippen LogP contribution >= 0.6 is 0 Å². The molecule has 0 amide bonds. The molecular weight excluding hydrogens is 190 g/mol. The Morgan fingerprint density at radius 1 is 1.46 bits per heavy atom. The van der Waals surface area contributed by atoms with E-state index in [1.54, 1.807) is 0 Å². The minimum atomic E-state index is -3.01. The van der Waals surface area contributed by atoms with Crippen molar-refractivity contribution >= 4 is 9.84 Å². The van der Waals surface area contributed by atoms with E-state index in [2.05, 4.69) is 0 Å². The zero-order valence-electron chi connectivity index (χ0n) is 7.86. The van der Waals surface area contributed by atoms with E-state index in [4.69, 9.17) is 5.73 Å². The molecule has 0 saturated heterocycles. The lowest BCUT2D eigenvalue weighted by Crippen LogP contribution is -2.49. The molecule has 0 aromatic carbocycles. The van der Waals surface area contributed by atoms with Crippen molar-refractivity contribution in [3.8, 4) is 0 Å². The van der Waals surface area contributed by atoms with Gasteiger partial charge in [0.05, 0.1) is 11.9 Å². The minimum Gasteiger partial charge on any atom is -0.393 e. The fourth-order valence-electron chi connectivity index (χ4n) is 1.84. The molecule has 1 aliphatic carbocycles. The first-order valence-corrected chi connectivity index (χ1v) is 6.51. The van der Waals surface area contributed by atoms with Gasteiger partial charge in [-0.15, -0.1) is 0 Å². The van der Waals surface area contributed by atoms with Gasteiger partial charge in [0.25, 0.3) is 0 Å². The second kappa shape index (κ2) is 3.55. The van der Waals surface area contributed by atoms with Gasteiger partial charge >= 0.3 is 0 Å². The Kier molecular flexibility index (Phi) is 2.99. The van der Waals surface area contributed by atoms with Gasteiger partial charge < -0.3 is 10.8 Å². The molecule has 1 rings (SSSR count). The topological polar surface area (TPSA) is 80.4 Å². The molecular formula is C8H17NO3S. The molecule has 0 bridgehead atoms. The number of hydrogen-bond donors (Lipinski definition) is 2. The van der Waals surface area contributed by atoms with Crippen LogP contribution in [0.4, 0.5) is 0 Å². The maximum Gasteiger partial charge on any atom is 0.149 e. The van der Waals surface area contributed by atoms with E-state index in [0.29, 0.717) is 25.7 Å². The van der Waals surface area contributed by atoms with Crippen molar-refractivity contribution in [3.05, 3.63) is 0 Å². The van der Waals surface area contributed by atoms with Crippen molar-refractivity contribution in [3.63, 3.8) is 0 Å². The quantitative estimate of drug-likeness (QED) is 0.649. The number of aliphatic hydroxyl groups is 1. The first-order chi connectivity index (χ1) is 5.81. The third kappa shape index (κ3) is 3.62. The summed E-state index contributed by atoms with van der Waals surface area (Å²) in [6.07, 6.45) is 3.34. The van der Waals surface area contributed by atoms with Gasteiger partial charge in [-0.05, 0) is 25.7 Å². The van der Waals surface area contributed by atoms with Gasteiger partial charge in [-0.2, -0.15) is 0 Å². The van der Waals surface area contributed by atoms with Gasteiger partial charge in [-0.1, -0.05) is 0 Å². The Morgan fingerprint density at radius 3 is 2.31 bits per heavy atom. The van der Waals surface area contributed by atoms with Gasteiger partial charge in [0.15, 0.2) is 0 Å². The molecule has 5 heteroatoms. The van der Waals surface area contributed by atoms with Crippen molar-refractivity contribution in [2.24, 2.45) is 5.73 Å². The normalized spacial score (nSPS) is 36.1. The van der Waals surface area contributed by atoms with Gasteiger partial charge in [-0.25, -0.2) is 8.42 Å². The van der Waals surface area contributed by atoms with E-state index < -0.39 is 15.4 Å². The summed E-state index contributed by atoms with van der Waals surface area (Å²) < 4.78 is 22.1. The van der Waals surface area contributed by atoms with E-state index in [0.717, 1.165) is 0 Å². The number of rotatable bonds is 2. The van der Waals surface area contributed by atoms with Crippen molar-refractivity contribution in [2.45, 2.75) is 37.3 Å². The number of nitrogens with two attached hydrogens (primary N) is 1. The van der Waals surface area contributed by atoms with E-state index >= 15 is 0 Å². The average molecular weight is 207 g/mol. The smallest absolute Gasteiger partial charge is 0.149 e. The molecule has 0 heterocycles. The number of sulfone groups is 1. The third-order valence-electron chi connectivity index (χ3n) is 2.50. The molecule has 3 N–H and O–H groups in total. The van der Waals surface area contributed by atoms with Crippen molar-refractivity contribution in [2.75, 3.05) is 12.0 Å². The molecule has 0 unspecified atom stereocenters. The molecule has 78 valence electrons. The first-order valence-electron chi connectivity index (χ1n) is 4.45. The fourth-order valence-corrected chi connectivity index (χ4v) is 3.18. The highest BCUT2D eigenvalue weighted by atomic mass is 32.2. The summed E-state index contributed by atoms with van der Waals surface area (Å²) >= 11 is 0. The summed E-state index contributed by atoms with van der Waals surface area (Å²) in [7, 11) is -3.01. The number of hydrogen-bond acceptors (Lipinski definition) is 4. The Hall–Kier alpha value is -0.130. The van der Waals surface area contributed by atoms with E-state index in [1.807, 2.05) is 0 Å². The minimum absolute atomic E-state index is 0.0344. The van der Waals surface area contributed by atoms with E-state index in [1.165, 1.54) is 6.26 Å². The summed E-state index contributed by atoms with van der Waals surface area (Å²) in [4.78, 5) is 0. The van der Waals surface area contributed by atoms with E-state index in [-0.39, 0.29) is 11.9 Å². The largest absolute Gasteiger partial charge is 0.393 e. The molecule has 0 atom stereocenters. The summed E-state index contributed by atoms with van der Waals surface area (Å²) in [6, 6.07) is 0. The second-order valence-electron chi connectivity index (χ2n) is 4.16. The lowest BCUT2D eigenvalue weighted by molar-refractivity contribution is 0.103. The Bertz CT molecular complexity index is 265. The van der Waals surface area contributed by atoms with Crippen LogP contribution in [-0.4, -0.2) is 37.2 Å². The SMILES string of the molecule is CS(=O)(=O)CC1(N)CCC(O)CC1. The van der Waals surface area contributed by atoms with Crippen LogP contribution in [0.2, 0.25) is 0 Å². The fraction of sp³-hybridized carbons (Fsp3) is 1.00. The summed E-state index contributed by atoms with van der Waals surface area (Å²) in [5, 5.41) is 9.23. The highest BCUT2D eigenvalue weighted by molar-refractivity contribution is 7.90. The number of aliphatic hydroxyl groups excluding tert-OH is 1. The summed E-state index contributed by atoms with van der Waals surface area (Å²) in [5.74, 6) is 0.0344. The zero-order valence-corrected chi connectivity index (χ0v) is 8.68. The monoisotopic (exact) mass is 207 g/mol. The predicted octanol–water partition coefficient (Wildman–Crippen LogP) is -0.337. The van der Waals surface area contributed by atoms with E-state index in [9.17, 15) is 13.5 Å². The Labute approximate surface area is 79.0 Å². The highest BCUT2D eigenvalue weighted by Gasteiger charge is 2.33. The molecule has 0 aliphatic heterocycles. The van der Waals surface area contributed by atoms with Crippen LogP contribution in [0.3, 0.4) is 0 Å². The van der Waals surface area contributed by atoms with Crippen LogP contribution in [0.15, 0.2) is 0 Å². The van der Waals surface area contributed by atoms with Crippen LogP contribution in [-0.2, 0) is 9.84 Å².